The number of hydrogen-bond acceptors (Lipinski definition) is 6. The van der Waals surface area contributed by atoms with Gasteiger partial charge in [-0.15, -0.1) is 0 Å². The van der Waals surface area contributed by atoms with Crippen LogP contribution in [0, 0.1) is 0 Å². The molecule has 4 rings (SSSR count). The molecule has 33 heavy (non-hydrogen) atoms. The lowest BCUT2D eigenvalue weighted by Gasteiger charge is -2.45. The Morgan fingerprint density at radius 3 is 1.42 bits per heavy atom. The van der Waals surface area contributed by atoms with Crippen LogP contribution in [0.3, 0.4) is 0 Å². The largest absolute Gasteiger partial charge is 0.337 e. The number of nitrogens with zero attached hydrogens (tertiary/aromatic N) is 3. The minimum atomic E-state index is -1.27. The minimum absolute atomic E-state index is 0.213. The van der Waals surface area contributed by atoms with Crippen LogP contribution >= 0.6 is 8.46 Å². The lowest BCUT2D eigenvalue weighted by Crippen LogP contribution is -2.55. The van der Waals surface area contributed by atoms with Gasteiger partial charge >= 0.3 is 0 Å². The maximum Gasteiger partial charge on any atom is 0.278 e. The van der Waals surface area contributed by atoms with Crippen LogP contribution in [0.4, 0.5) is 17.1 Å². The number of benzene rings is 3. The third-order valence-corrected chi connectivity index (χ3v) is 6.42. The normalized spacial score (nSPS) is 14.7. The average Bonchev–Trinajstić information content (AvgIpc) is 2.89. The second kappa shape index (κ2) is 10.8. The highest BCUT2D eigenvalue weighted by atomic mass is 31.1. The van der Waals surface area contributed by atoms with Crippen molar-refractivity contribution in [3.63, 3.8) is 0 Å². The van der Waals surface area contributed by atoms with E-state index in [1.807, 2.05) is 50.2 Å². The van der Waals surface area contributed by atoms with Gasteiger partial charge in [-0.25, -0.2) is 0 Å². The fourth-order valence-electron chi connectivity index (χ4n) is 4.11. The maximum absolute atomic E-state index is 12.0. The third kappa shape index (κ3) is 5.19. The molecule has 0 aromatic heterocycles. The lowest BCUT2D eigenvalue weighted by molar-refractivity contribution is -0.176. The van der Waals surface area contributed by atoms with E-state index in [1.165, 1.54) is 11.4 Å². The third-order valence-electron chi connectivity index (χ3n) is 5.66. The van der Waals surface area contributed by atoms with E-state index < -0.39 is 5.53 Å². The van der Waals surface area contributed by atoms with E-state index in [-0.39, 0.29) is 8.46 Å². The molecule has 1 fully saturated rings. The molecule has 1 aliphatic heterocycles. The van der Waals surface area contributed by atoms with Crippen LogP contribution in [0.15, 0.2) is 84.9 Å². The summed E-state index contributed by atoms with van der Waals surface area (Å²) in [6, 6.07) is 28.9. The van der Waals surface area contributed by atoms with E-state index in [1.54, 1.807) is 0 Å². The zero-order valence-electron chi connectivity index (χ0n) is 19.1. The lowest BCUT2D eigenvalue weighted by atomic mass is 10.1. The van der Waals surface area contributed by atoms with E-state index >= 15 is 0 Å². The minimum Gasteiger partial charge on any atom is -0.337 e. The van der Waals surface area contributed by atoms with Gasteiger partial charge < -0.3 is 24.2 Å². The highest BCUT2D eigenvalue weighted by Crippen LogP contribution is 2.39. The van der Waals surface area contributed by atoms with Gasteiger partial charge in [0.15, 0.2) is 0 Å². The van der Waals surface area contributed by atoms with E-state index in [4.69, 9.17) is 9.47 Å². The van der Waals surface area contributed by atoms with Gasteiger partial charge in [-0.3, -0.25) is 4.57 Å². The Kier molecular flexibility index (Phi) is 7.61. The van der Waals surface area contributed by atoms with Crippen molar-refractivity contribution < 1.29 is 14.0 Å². The molecule has 0 bridgehead atoms. The van der Waals surface area contributed by atoms with E-state index in [9.17, 15) is 4.57 Å². The van der Waals surface area contributed by atoms with Crippen LogP contribution in [0.5, 0.6) is 0 Å². The second-order valence-electron chi connectivity index (χ2n) is 7.80. The number of ether oxygens (including phenoxy) is 2. The fraction of sp³-hybridized carbons (Fsp3) is 0.308. The highest BCUT2D eigenvalue weighted by molar-refractivity contribution is 7.24. The molecular formula is C26H30N3O3P. The van der Waals surface area contributed by atoms with Crippen LogP contribution in [0.25, 0.3) is 0 Å². The molecule has 3 aromatic carbocycles. The predicted molar refractivity (Wildman–Crippen MR) is 134 cm³/mol. The molecular weight excluding hydrogens is 433 g/mol. The van der Waals surface area contributed by atoms with Crippen LogP contribution in [-0.4, -0.2) is 33.2 Å². The summed E-state index contributed by atoms with van der Waals surface area (Å²) in [6.07, 6.45) is 0. The molecule has 0 aliphatic carbocycles. The van der Waals surface area contributed by atoms with Crippen LogP contribution in [0.1, 0.15) is 19.4 Å². The predicted octanol–water partition coefficient (Wildman–Crippen LogP) is 5.87. The standard InChI is InChI=1S/C26H30N3O3P/c1-3-31-26(33-30,32-4-2)22-15-17-25(18-16-22)29-20-27(23-11-7-5-8-12-23)19-28(21-29)24-13-9-6-10-14-24/h5-18H,3-4,19-21H2,1-2H3. The van der Waals surface area contributed by atoms with Gasteiger partial charge in [0.25, 0.3) is 5.53 Å². The summed E-state index contributed by atoms with van der Waals surface area (Å²) in [4.78, 5) is 7.03. The molecule has 0 atom stereocenters. The average molecular weight is 464 g/mol. The molecule has 172 valence electrons. The monoisotopic (exact) mass is 463 g/mol. The fourth-order valence-corrected chi connectivity index (χ4v) is 4.73. The Balaban J connectivity index is 1.63. The van der Waals surface area contributed by atoms with Gasteiger partial charge in [-0.05, 0) is 50.2 Å². The Hall–Kier alpha value is -2.92. The van der Waals surface area contributed by atoms with Crippen molar-refractivity contribution in [1.82, 2.24) is 0 Å². The van der Waals surface area contributed by atoms with E-state index in [0.29, 0.717) is 13.2 Å². The number of para-hydroxylation sites is 2. The SMILES string of the molecule is CCOC(OCC)(P=O)c1ccc(N2CN(c3ccccc3)CN(c3ccccc3)C2)cc1. The van der Waals surface area contributed by atoms with Crippen molar-refractivity contribution in [3.05, 3.63) is 90.5 Å². The summed E-state index contributed by atoms with van der Waals surface area (Å²) >= 11 is 0. The van der Waals surface area contributed by atoms with Crippen molar-refractivity contribution in [2.75, 3.05) is 47.9 Å². The Morgan fingerprint density at radius 2 is 1.06 bits per heavy atom. The first-order valence-electron chi connectivity index (χ1n) is 11.3. The molecule has 0 spiro atoms. The number of anilines is 3. The quantitative estimate of drug-likeness (QED) is 0.292. The van der Waals surface area contributed by atoms with Gasteiger partial charge in [0.2, 0.25) is 8.46 Å². The molecule has 1 heterocycles. The van der Waals surface area contributed by atoms with Crippen LogP contribution in [0.2, 0.25) is 0 Å². The molecule has 7 heteroatoms. The molecule has 1 aliphatic rings. The van der Waals surface area contributed by atoms with Crippen LogP contribution < -0.4 is 14.7 Å². The van der Waals surface area contributed by atoms with Gasteiger partial charge in [0.1, 0.15) is 0 Å². The van der Waals surface area contributed by atoms with Crippen molar-refractivity contribution >= 4 is 25.5 Å². The van der Waals surface area contributed by atoms with E-state index in [2.05, 4.69) is 63.2 Å². The summed E-state index contributed by atoms with van der Waals surface area (Å²) in [6.45, 7) is 6.87. The molecule has 0 saturated carbocycles. The summed E-state index contributed by atoms with van der Waals surface area (Å²) in [5, 5.41) is 0. The summed E-state index contributed by atoms with van der Waals surface area (Å²) in [7, 11) is -0.213. The first-order chi connectivity index (χ1) is 16.2. The molecule has 0 radical (unpaired) electrons. The zero-order chi connectivity index (χ0) is 23.1. The van der Waals surface area contributed by atoms with Crippen molar-refractivity contribution in [2.45, 2.75) is 19.4 Å². The van der Waals surface area contributed by atoms with Gasteiger partial charge in [0.05, 0.1) is 20.0 Å². The van der Waals surface area contributed by atoms with Crippen molar-refractivity contribution in [2.24, 2.45) is 0 Å². The van der Waals surface area contributed by atoms with Crippen LogP contribution in [-0.2, 0) is 19.6 Å². The number of hydrogen-bond donors (Lipinski definition) is 0. The van der Waals surface area contributed by atoms with Gasteiger partial charge in [-0.1, -0.05) is 48.5 Å². The molecule has 1 saturated heterocycles. The Labute approximate surface area is 197 Å². The van der Waals surface area contributed by atoms with Crippen molar-refractivity contribution in [1.29, 1.82) is 0 Å². The smallest absolute Gasteiger partial charge is 0.278 e. The summed E-state index contributed by atoms with van der Waals surface area (Å²) in [5.74, 6) is 0. The van der Waals surface area contributed by atoms with Gasteiger partial charge in [-0.2, -0.15) is 0 Å². The molecule has 3 aromatic rings. The molecule has 0 unspecified atom stereocenters. The Bertz CT molecular complexity index is 964. The molecule has 6 nitrogen and oxygen atoms in total. The Morgan fingerprint density at radius 1 is 0.667 bits per heavy atom. The molecule has 0 N–H and O–H groups in total. The highest BCUT2D eigenvalue weighted by Gasteiger charge is 2.35. The first-order valence-corrected chi connectivity index (χ1v) is 12.1. The number of rotatable bonds is 9. The summed E-state index contributed by atoms with van der Waals surface area (Å²) in [5.41, 5.74) is 2.90. The van der Waals surface area contributed by atoms with Gasteiger partial charge in [0, 0.05) is 35.8 Å². The topological polar surface area (TPSA) is 45.3 Å². The second-order valence-corrected chi connectivity index (χ2v) is 8.57. The maximum atomic E-state index is 12.0. The first kappa shape index (κ1) is 23.2. The molecule has 0 amide bonds. The van der Waals surface area contributed by atoms with E-state index in [0.717, 1.165) is 31.3 Å². The summed E-state index contributed by atoms with van der Waals surface area (Å²) < 4.78 is 23.5. The van der Waals surface area contributed by atoms with Crippen molar-refractivity contribution in [3.8, 4) is 0 Å². The zero-order valence-corrected chi connectivity index (χ0v) is 20.0.